The maximum atomic E-state index is 13.7. The summed E-state index contributed by atoms with van der Waals surface area (Å²) in [6, 6.07) is 13.6. The maximum absolute atomic E-state index is 13.7. The Labute approximate surface area is 127 Å². The van der Waals surface area contributed by atoms with Gasteiger partial charge in [0.1, 0.15) is 5.82 Å². The third-order valence-electron chi connectivity index (χ3n) is 3.46. The van der Waals surface area contributed by atoms with Crippen molar-refractivity contribution in [2.24, 2.45) is 0 Å². The third-order valence-corrected chi connectivity index (χ3v) is 4.64. The van der Waals surface area contributed by atoms with Crippen molar-refractivity contribution < 1.29 is 4.39 Å². The van der Waals surface area contributed by atoms with E-state index in [1.54, 1.807) is 17.8 Å². The molecule has 0 saturated carbocycles. The molecule has 21 heavy (non-hydrogen) atoms. The van der Waals surface area contributed by atoms with Gasteiger partial charge in [0.25, 0.3) is 0 Å². The van der Waals surface area contributed by atoms with Crippen LogP contribution in [0.5, 0.6) is 0 Å². The molecular formula is C17H17FN2S. The Morgan fingerprint density at radius 3 is 2.81 bits per heavy atom. The normalized spacial score (nSPS) is 11.1. The number of hydrogen-bond acceptors (Lipinski definition) is 2. The van der Waals surface area contributed by atoms with Crippen LogP contribution in [-0.4, -0.2) is 18.6 Å². The molecule has 0 unspecified atom stereocenters. The highest BCUT2D eigenvalue weighted by molar-refractivity contribution is 7.99. The number of halogens is 1. The zero-order chi connectivity index (χ0) is 14.7. The van der Waals surface area contributed by atoms with Gasteiger partial charge in [0.15, 0.2) is 0 Å². The number of nitrogens with one attached hydrogen (secondary N) is 2. The molecule has 2 aromatic carbocycles. The van der Waals surface area contributed by atoms with Crippen molar-refractivity contribution in [3.63, 3.8) is 0 Å². The van der Waals surface area contributed by atoms with Crippen LogP contribution in [0.1, 0.15) is 5.56 Å². The molecule has 4 heteroatoms. The molecule has 0 atom stereocenters. The van der Waals surface area contributed by atoms with Gasteiger partial charge in [0.2, 0.25) is 0 Å². The van der Waals surface area contributed by atoms with E-state index in [-0.39, 0.29) is 5.82 Å². The van der Waals surface area contributed by atoms with Crippen molar-refractivity contribution >= 4 is 22.7 Å². The van der Waals surface area contributed by atoms with Crippen LogP contribution in [0.3, 0.4) is 0 Å². The molecule has 108 valence electrons. The number of hydrogen-bond donors (Lipinski definition) is 2. The minimum absolute atomic E-state index is 0.206. The molecule has 2 nitrogen and oxygen atoms in total. The van der Waals surface area contributed by atoms with Gasteiger partial charge in [-0.2, -0.15) is 0 Å². The Morgan fingerprint density at radius 1 is 1.10 bits per heavy atom. The number of likely N-dealkylation sites (N-methyl/N-ethyl adjacent to an activating group) is 1. The summed E-state index contributed by atoms with van der Waals surface area (Å²) in [5.41, 5.74) is 1.88. The fourth-order valence-corrected chi connectivity index (χ4v) is 3.45. The second-order valence-electron chi connectivity index (χ2n) is 4.88. The van der Waals surface area contributed by atoms with E-state index < -0.39 is 0 Å². The number of H-pyrrole nitrogens is 1. The van der Waals surface area contributed by atoms with E-state index in [2.05, 4.69) is 28.5 Å². The second-order valence-corrected chi connectivity index (χ2v) is 5.96. The largest absolute Gasteiger partial charge is 0.358 e. The standard InChI is InChI=1S/C17H17FN2S/c1-19-10-9-12-5-2-3-8-15(12)21-16-11-20-17-13(16)6-4-7-14(17)18/h2-8,11,19-20H,9-10H2,1H3. The maximum Gasteiger partial charge on any atom is 0.147 e. The fraction of sp³-hybridized carbons (Fsp3) is 0.176. The van der Waals surface area contributed by atoms with Crippen molar-refractivity contribution in [3.8, 4) is 0 Å². The molecule has 0 bridgehead atoms. The minimum atomic E-state index is -0.206. The van der Waals surface area contributed by atoms with Gasteiger partial charge < -0.3 is 10.3 Å². The van der Waals surface area contributed by atoms with E-state index in [0.717, 1.165) is 23.2 Å². The van der Waals surface area contributed by atoms with Gasteiger partial charge in [-0.3, -0.25) is 0 Å². The van der Waals surface area contributed by atoms with Gasteiger partial charge >= 0.3 is 0 Å². The Balaban J connectivity index is 1.94. The number of benzene rings is 2. The molecule has 0 aliphatic rings. The lowest BCUT2D eigenvalue weighted by Gasteiger charge is -2.08. The summed E-state index contributed by atoms with van der Waals surface area (Å²) < 4.78 is 13.7. The van der Waals surface area contributed by atoms with E-state index in [9.17, 15) is 4.39 Å². The van der Waals surface area contributed by atoms with Gasteiger partial charge in [-0.05, 0) is 37.7 Å². The molecule has 2 N–H and O–H groups in total. The predicted molar refractivity (Wildman–Crippen MR) is 86.5 cm³/mol. The summed E-state index contributed by atoms with van der Waals surface area (Å²) in [6.45, 7) is 0.945. The lowest BCUT2D eigenvalue weighted by atomic mass is 10.1. The quantitative estimate of drug-likeness (QED) is 0.738. The SMILES string of the molecule is CNCCc1ccccc1Sc1c[nH]c2c(F)cccc12. The van der Waals surface area contributed by atoms with Crippen molar-refractivity contribution in [1.82, 2.24) is 10.3 Å². The molecule has 0 radical (unpaired) electrons. The first-order valence-corrected chi connectivity index (χ1v) is 7.77. The summed E-state index contributed by atoms with van der Waals surface area (Å²) in [6.07, 6.45) is 2.86. The van der Waals surface area contributed by atoms with Crippen molar-refractivity contribution in [2.45, 2.75) is 16.2 Å². The van der Waals surface area contributed by atoms with E-state index in [0.29, 0.717) is 5.52 Å². The molecule has 0 spiro atoms. The molecule has 0 aliphatic heterocycles. The van der Waals surface area contributed by atoms with Crippen LogP contribution < -0.4 is 5.32 Å². The van der Waals surface area contributed by atoms with Crippen molar-refractivity contribution in [2.75, 3.05) is 13.6 Å². The lowest BCUT2D eigenvalue weighted by Crippen LogP contribution is -2.10. The van der Waals surface area contributed by atoms with Crippen LogP contribution in [0.2, 0.25) is 0 Å². The molecule has 0 amide bonds. The Bertz CT molecular complexity index is 751. The number of aromatic amines is 1. The van der Waals surface area contributed by atoms with Gasteiger partial charge in [-0.1, -0.05) is 42.1 Å². The van der Waals surface area contributed by atoms with E-state index in [1.807, 2.05) is 25.4 Å². The van der Waals surface area contributed by atoms with Crippen LogP contribution in [-0.2, 0) is 6.42 Å². The number of fused-ring (bicyclic) bond motifs is 1. The summed E-state index contributed by atoms with van der Waals surface area (Å²) in [5.74, 6) is -0.206. The number of aromatic nitrogens is 1. The molecular weight excluding hydrogens is 283 g/mol. The van der Waals surface area contributed by atoms with E-state index in [4.69, 9.17) is 0 Å². The summed E-state index contributed by atoms with van der Waals surface area (Å²) >= 11 is 1.68. The Kier molecular flexibility index (Phi) is 4.27. The predicted octanol–water partition coefficient (Wildman–Crippen LogP) is 4.22. The highest BCUT2D eigenvalue weighted by Gasteiger charge is 2.10. The molecule has 0 saturated heterocycles. The van der Waals surface area contributed by atoms with Crippen molar-refractivity contribution in [3.05, 3.63) is 60.0 Å². The Hall–Kier alpha value is -1.78. The molecule has 0 fully saturated rings. The summed E-state index contributed by atoms with van der Waals surface area (Å²) in [7, 11) is 1.96. The van der Waals surface area contributed by atoms with Gasteiger partial charge in [0, 0.05) is 21.4 Å². The van der Waals surface area contributed by atoms with Crippen LogP contribution in [0.4, 0.5) is 4.39 Å². The average Bonchev–Trinajstić information content (AvgIpc) is 2.91. The molecule has 3 rings (SSSR count). The number of rotatable bonds is 5. The van der Waals surface area contributed by atoms with Crippen LogP contribution >= 0.6 is 11.8 Å². The molecule has 1 aromatic heterocycles. The fourth-order valence-electron chi connectivity index (χ4n) is 2.36. The van der Waals surface area contributed by atoms with E-state index >= 15 is 0 Å². The van der Waals surface area contributed by atoms with Crippen LogP contribution in [0.25, 0.3) is 10.9 Å². The van der Waals surface area contributed by atoms with Crippen LogP contribution in [0, 0.1) is 5.82 Å². The molecule has 3 aromatic rings. The smallest absolute Gasteiger partial charge is 0.147 e. The lowest BCUT2D eigenvalue weighted by molar-refractivity contribution is 0.637. The zero-order valence-corrected chi connectivity index (χ0v) is 12.6. The van der Waals surface area contributed by atoms with Crippen molar-refractivity contribution in [1.29, 1.82) is 0 Å². The zero-order valence-electron chi connectivity index (χ0n) is 11.8. The van der Waals surface area contributed by atoms with Crippen LogP contribution in [0.15, 0.2) is 58.5 Å². The van der Waals surface area contributed by atoms with E-state index in [1.165, 1.54) is 16.5 Å². The van der Waals surface area contributed by atoms with Gasteiger partial charge in [-0.15, -0.1) is 0 Å². The first-order valence-electron chi connectivity index (χ1n) is 6.95. The summed E-state index contributed by atoms with van der Waals surface area (Å²) in [4.78, 5) is 5.31. The summed E-state index contributed by atoms with van der Waals surface area (Å²) in [5, 5.41) is 4.11. The minimum Gasteiger partial charge on any atom is -0.358 e. The van der Waals surface area contributed by atoms with Gasteiger partial charge in [0.05, 0.1) is 5.52 Å². The number of para-hydroxylation sites is 1. The monoisotopic (exact) mass is 300 g/mol. The first kappa shape index (κ1) is 14.2. The Morgan fingerprint density at radius 2 is 1.95 bits per heavy atom. The van der Waals surface area contributed by atoms with Gasteiger partial charge in [-0.25, -0.2) is 4.39 Å². The highest BCUT2D eigenvalue weighted by atomic mass is 32.2. The average molecular weight is 300 g/mol. The highest BCUT2D eigenvalue weighted by Crippen LogP contribution is 2.36. The second kappa shape index (κ2) is 6.33. The molecule has 0 aliphatic carbocycles. The molecule has 1 heterocycles. The third kappa shape index (κ3) is 2.96. The first-order chi connectivity index (χ1) is 10.3. The topological polar surface area (TPSA) is 27.8 Å².